The Labute approximate surface area is 225 Å². The molecule has 1 aliphatic heterocycles. The Morgan fingerprint density at radius 3 is 2.49 bits per heavy atom. The van der Waals surface area contributed by atoms with Gasteiger partial charge in [0.15, 0.2) is 5.75 Å². The predicted molar refractivity (Wildman–Crippen MR) is 148 cm³/mol. The highest BCUT2D eigenvalue weighted by Gasteiger charge is 2.21. The van der Waals surface area contributed by atoms with Crippen LogP contribution in [0.2, 0.25) is 0 Å². The second kappa shape index (κ2) is 10.5. The number of hydrogen-bond acceptors (Lipinski definition) is 6. The smallest absolute Gasteiger partial charge is 0.168 e. The first-order valence-electron chi connectivity index (χ1n) is 13.0. The number of methoxy groups -OCH3 is 1. The van der Waals surface area contributed by atoms with Crippen LogP contribution >= 0.6 is 0 Å². The molecule has 3 heterocycles. The van der Waals surface area contributed by atoms with Gasteiger partial charge in [-0.1, -0.05) is 30.3 Å². The van der Waals surface area contributed by atoms with Crippen molar-refractivity contribution in [2.45, 2.75) is 25.5 Å². The summed E-state index contributed by atoms with van der Waals surface area (Å²) in [5.41, 5.74) is 4.92. The van der Waals surface area contributed by atoms with Gasteiger partial charge in [-0.05, 0) is 65.9 Å². The zero-order valence-electron chi connectivity index (χ0n) is 21.6. The van der Waals surface area contributed by atoms with Crippen LogP contribution < -0.4 is 4.74 Å². The summed E-state index contributed by atoms with van der Waals surface area (Å²) >= 11 is 0. The fourth-order valence-electron chi connectivity index (χ4n) is 5.26. The minimum Gasteiger partial charge on any atom is -0.504 e. The van der Waals surface area contributed by atoms with Gasteiger partial charge in [0, 0.05) is 30.9 Å². The maximum absolute atomic E-state index is 15.6. The van der Waals surface area contributed by atoms with Crippen LogP contribution in [0.4, 0.5) is 4.39 Å². The maximum atomic E-state index is 15.6. The van der Waals surface area contributed by atoms with Gasteiger partial charge in [-0.25, -0.2) is 14.4 Å². The van der Waals surface area contributed by atoms with Crippen molar-refractivity contribution < 1.29 is 19.3 Å². The Balaban J connectivity index is 1.34. The number of pyridine rings is 1. The number of piperidine rings is 1. The van der Waals surface area contributed by atoms with Crippen molar-refractivity contribution >= 4 is 11.0 Å². The summed E-state index contributed by atoms with van der Waals surface area (Å²) in [4.78, 5) is 11.1. The summed E-state index contributed by atoms with van der Waals surface area (Å²) < 4.78 is 22.6. The van der Waals surface area contributed by atoms with Gasteiger partial charge in [-0.3, -0.25) is 9.47 Å². The molecule has 0 atom stereocenters. The van der Waals surface area contributed by atoms with Gasteiger partial charge in [0.25, 0.3) is 0 Å². The number of halogens is 1. The normalized spacial score (nSPS) is 14.6. The molecule has 0 saturated carbocycles. The van der Waals surface area contributed by atoms with Crippen LogP contribution in [-0.4, -0.2) is 56.0 Å². The van der Waals surface area contributed by atoms with E-state index in [0.717, 1.165) is 54.9 Å². The molecule has 0 unspecified atom stereocenters. The van der Waals surface area contributed by atoms with Gasteiger partial charge in [0.05, 0.1) is 19.4 Å². The van der Waals surface area contributed by atoms with Gasteiger partial charge in [0.2, 0.25) is 0 Å². The van der Waals surface area contributed by atoms with E-state index in [1.54, 1.807) is 30.3 Å². The fourth-order valence-corrected chi connectivity index (χ4v) is 5.26. The largest absolute Gasteiger partial charge is 0.504 e. The Kier molecular flexibility index (Phi) is 6.72. The average molecular weight is 525 g/mol. The minimum atomic E-state index is -0.471. The lowest BCUT2D eigenvalue weighted by molar-refractivity contribution is 0.0793. The summed E-state index contributed by atoms with van der Waals surface area (Å²) in [6.07, 6.45) is 4.46. The lowest BCUT2D eigenvalue weighted by atomic mass is 9.96. The van der Waals surface area contributed by atoms with Crippen LogP contribution in [0.5, 0.6) is 11.5 Å². The van der Waals surface area contributed by atoms with Crippen molar-refractivity contribution in [3.05, 3.63) is 90.6 Å². The van der Waals surface area contributed by atoms with Crippen LogP contribution in [0, 0.1) is 5.82 Å². The highest BCUT2D eigenvalue weighted by Crippen LogP contribution is 2.37. The Hall–Kier alpha value is -4.27. The van der Waals surface area contributed by atoms with E-state index in [2.05, 4.69) is 20.9 Å². The molecule has 8 heteroatoms. The van der Waals surface area contributed by atoms with Gasteiger partial charge >= 0.3 is 0 Å². The third-order valence-corrected chi connectivity index (χ3v) is 7.41. The van der Waals surface area contributed by atoms with Crippen molar-refractivity contribution in [2.75, 3.05) is 20.2 Å². The highest BCUT2D eigenvalue weighted by atomic mass is 19.1. The molecule has 3 aromatic carbocycles. The second-order valence-electron chi connectivity index (χ2n) is 9.86. The molecule has 7 nitrogen and oxygen atoms in total. The minimum absolute atomic E-state index is 0.139. The molecular formula is C31H29FN4O3. The number of aromatic nitrogens is 3. The van der Waals surface area contributed by atoms with Gasteiger partial charge < -0.3 is 14.9 Å². The molecule has 0 amide bonds. The van der Waals surface area contributed by atoms with Gasteiger partial charge in [-0.15, -0.1) is 0 Å². The number of ether oxygens (including phenoxy) is 1. The molecule has 0 radical (unpaired) electrons. The first-order chi connectivity index (χ1) is 19.0. The average Bonchev–Trinajstić information content (AvgIpc) is 3.40. The molecule has 1 saturated heterocycles. The van der Waals surface area contributed by atoms with Gasteiger partial charge in [-0.2, -0.15) is 0 Å². The first-order valence-corrected chi connectivity index (χ1v) is 13.0. The number of aliphatic hydroxyl groups is 1. The van der Waals surface area contributed by atoms with Crippen LogP contribution in [0.15, 0.2) is 79.3 Å². The van der Waals surface area contributed by atoms with Crippen molar-refractivity contribution in [1.29, 1.82) is 0 Å². The Bertz CT molecular complexity index is 1630. The number of aliphatic hydroxyl groups excluding tert-OH is 1. The zero-order chi connectivity index (χ0) is 26.9. The quantitative estimate of drug-likeness (QED) is 0.302. The van der Waals surface area contributed by atoms with Crippen molar-refractivity contribution in [3.8, 4) is 39.6 Å². The van der Waals surface area contributed by atoms with Crippen LogP contribution in [0.25, 0.3) is 39.1 Å². The molecule has 2 N–H and O–H groups in total. The van der Waals surface area contributed by atoms with E-state index in [1.165, 1.54) is 6.07 Å². The molecule has 0 aliphatic carbocycles. The molecule has 39 heavy (non-hydrogen) atoms. The molecule has 2 aromatic heterocycles. The second-order valence-corrected chi connectivity index (χ2v) is 9.86. The van der Waals surface area contributed by atoms with Gasteiger partial charge in [0.1, 0.15) is 34.6 Å². The molecule has 1 aliphatic rings. The Morgan fingerprint density at radius 2 is 1.74 bits per heavy atom. The van der Waals surface area contributed by atoms with E-state index >= 15 is 4.39 Å². The fraction of sp³-hybridized carbons (Fsp3) is 0.226. The molecule has 5 aromatic rings. The SMILES string of the molecule is COc1ccc(-n2cnc3cnc(-c4ccc(-c5ccccc5CN5CCC(O)CC5)cc4F)c(O)c32)cc1. The monoisotopic (exact) mass is 524 g/mol. The van der Waals surface area contributed by atoms with E-state index in [4.69, 9.17) is 4.74 Å². The summed E-state index contributed by atoms with van der Waals surface area (Å²) in [5.74, 6) is 0.106. The molecule has 198 valence electrons. The lowest BCUT2D eigenvalue weighted by Crippen LogP contribution is -2.35. The Morgan fingerprint density at radius 1 is 0.974 bits per heavy atom. The van der Waals surface area contributed by atoms with Crippen LogP contribution in [-0.2, 0) is 6.54 Å². The summed E-state index contributed by atoms with van der Waals surface area (Å²) in [6, 6.07) is 20.4. The summed E-state index contributed by atoms with van der Waals surface area (Å²) in [7, 11) is 1.60. The van der Waals surface area contributed by atoms with E-state index < -0.39 is 5.82 Å². The first kappa shape index (κ1) is 25.0. The molecule has 1 fully saturated rings. The van der Waals surface area contributed by atoms with Crippen LogP contribution in [0.3, 0.4) is 0 Å². The maximum Gasteiger partial charge on any atom is 0.168 e. The number of hydrogen-bond donors (Lipinski definition) is 2. The summed E-state index contributed by atoms with van der Waals surface area (Å²) in [5, 5.41) is 21.1. The lowest BCUT2D eigenvalue weighted by Gasteiger charge is -2.30. The predicted octanol–water partition coefficient (Wildman–Crippen LogP) is 5.56. The summed E-state index contributed by atoms with van der Waals surface area (Å²) in [6.45, 7) is 2.41. The van der Waals surface area contributed by atoms with E-state index in [9.17, 15) is 10.2 Å². The highest BCUT2D eigenvalue weighted by molar-refractivity contribution is 5.89. The molecule has 6 rings (SSSR count). The van der Waals surface area contributed by atoms with Crippen molar-refractivity contribution in [1.82, 2.24) is 19.4 Å². The third-order valence-electron chi connectivity index (χ3n) is 7.41. The standard InChI is InChI=1S/C31H29FN4O3/c1-39-24-9-7-22(8-10-24)36-19-34-28-17-33-29(31(38)30(28)36)26-11-6-20(16-27(26)32)25-5-3-2-4-21(25)18-35-14-12-23(37)13-15-35/h2-11,16-17,19,23,37-38H,12-15,18H2,1H3. The number of aromatic hydroxyl groups is 1. The van der Waals surface area contributed by atoms with Crippen molar-refractivity contribution in [3.63, 3.8) is 0 Å². The molecular weight excluding hydrogens is 495 g/mol. The zero-order valence-corrected chi connectivity index (χ0v) is 21.6. The number of benzene rings is 3. The van der Waals surface area contributed by atoms with Crippen molar-refractivity contribution in [2.24, 2.45) is 0 Å². The topological polar surface area (TPSA) is 83.6 Å². The molecule has 0 bridgehead atoms. The number of nitrogens with zero attached hydrogens (tertiary/aromatic N) is 4. The van der Waals surface area contributed by atoms with Crippen LogP contribution in [0.1, 0.15) is 18.4 Å². The van der Waals surface area contributed by atoms with E-state index in [-0.39, 0.29) is 23.1 Å². The molecule has 0 spiro atoms. The van der Waals surface area contributed by atoms with E-state index in [0.29, 0.717) is 16.8 Å². The number of rotatable bonds is 6. The number of imidazole rings is 1. The third kappa shape index (κ3) is 4.84. The number of likely N-dealkylation sites (tertiary alicyclic amines) is 1. The van der Waals surface area contributed by atoms with E-state index in [1.807, 2.05) is 48.5 Å². The number of fused-ring (bicyclic) bond motifs is 1.